The van der Waals surface area contributed by atoms with E-state index in [1.807, 2.05) is 0 Å². The van der Waals surface area contributed by atoms with E-state index in [1.54, 1.807) is 37.2 Å². The molecule has 2 heterocycles. The van der Waals surface area contributed by atoms with Crippen molar-refractivity contribution in [2.75, 3.05) is 6.61 Å². The largest absolute Gasteiger partial charge is 0.461 e. The van der Waals surface area contributed by atoms with Crippen LogP contribution in [-0.4, -0.2) is 32.1 Å². The molecule has 8 heteroatoms. The summed E-state index contributed by atoms with van der Waals surface area (Å²) in [6.07, 6.45) is 4.88. The Morgan fingerprint density at radius 3 is 2.83 bits per heavy atom. The van der Waals surface area contributed by atoms with Crippen molar-refractivity contribution in [3.8, 4) is 16.8 Å². The van der Waals surface area contributed by atoms with Gasteiger partial charge < -0.3 is 4.74 Å². The number of rotatable bonds is 4. The molecule has 0 N–H and O–H groups in total. The van der Waals surface area contributed by atoms with Gasteiger partial charge in [0.1, 0.15) is 11.5 Å². The number of nitrogens with zero attached hydrogens (tertiary/aromatic N) is 4. The number of ether oxygens (including phenoxy) is 1. The fraction of sp³-hybridized carbons (Fsp3) is 0.188. The van der Waals surface area contributed by atoms with E-state index in [9.17, 15) is 9.18 Å². The Morgan fingerprint density at radius 2 is 2.17 bits per heavy atom. The standard InChI is InChI=1S/C16H14ClFN4O2/c1-3-24-16(23)15-12(10-7-19-21(2)8-10)9-22(20-15)14-6-11(17)4-5-13(14)18/h4-9H,3H2,1-2H3. The van der Waals surface area contributed by atoms with Gasteiger partial charge in [0.2, 0.25) is 0 Å². The second-order valence-electron chi connectivity index (χ2n) is 5.05. The maximum atomic E-state index is 14.1. The van der Waals surface area contributed by atoms with Crippen LogP contribution in [0.2, 0.25) is 5.02 Å². The molecule has 0 aliphatic rings. The molecule has 0 amide bonds. The van der Waals surface area contributed by atoms with Crippen LogP contribution in [0.3, 0.4) is 0 Å². The third-order valence-corrected chi connectivity index (χ3v) is 3.59. The third kappa shape index (κ3) is 3.03. The number of carbonyl (C=O) groups excluding carboxylic acids is 1. The molecule has 6 nitrogen and oxygen atoms in total. The summed E-state index contributed by atoms with van der Waals surface area (Å²) in [5, 5.41) is 8.64. The number of esters is 1. The third-order valence-electron chi connectivity index (χ3n) is 3.35. The molecule has 0 bridgehead atoms. The lowest BCUT2D eigenvalue weighted by molar-refractivity contribution is 0.0520. The van der Waals surface area contributed by atoms with E-state index in [4.69, 9.17) is 16.3 Å². The summed E-state index contributed by atoms with van der Waals surface area (Å²) in [5.41, 5.74) is 1.41. The van der Waals surface area contributed by atoms with Crippen LogP contribution in [0, 0.1) is 5.82 Å². The van der Waals surface area contributed by atoms with Crippen molar-refractivity contribution < 1.29 is 13.9 Å². The monoisotopic (exact) mass is 348 g/mol. The van der Waals surface area contributed by atoms with Gasteiger partial charge in [-0.2, -0.15) is 10.2 Å². The second-order valence-corrected chi connectivity index (χ2v) is 5.49. The molecule has 3 rings (SSSR count). The van der Waals surface area contributed by atoms with Crippen LogP contribution in [0.5, 0.6) is 0 Å². The predicted molar refractivity (Wildman–Crippen MR) is 86.7 cm³/mol. The van der Waals surface area contributed by atoms with Crippen LogP contribution >= 0.6 is 11.6 Å². The highest BCUT2D eigenvalue weighted by molar-refractivity contribution is 6.30. The molecule has 0 saturated heterocycles. The van der Waals surface area contributed by atoms with E-state index in [1.165, 1.54) is 22.9 Å². The smallest absolute Gasteiger partial charge is 0.359 e. The summed E-state index contributed by atoms with van der Waals surface area (Å²) in [6, 6.07) is 4.12. The number of hydrogen-bond donors (Lipinski definition) is 0. The van der Waals surface area contributed by atoms with Gasteiger partial charge in [0.15, 0.2) is 5.69 Å². The van der Waals surface area contributed by atoms with E-state index in [2.05, 4.69) is 10.2 Å². The van der Waals surface area contributed by atoms with Crippen LogP contribution in [0.1, 0.15) is 17.4 Å². The summed E-state index contributed by atoms with van der Waals surface area (Å²) >= 11 is 5.93. The Balaban J connectivity index is 2.16. The molecule has 1 aromatic carbocycles. The number of halogens is 2. The molecule has 0 saturated carbocycles. The Kier molecular flexibility index (Phi) is 4.35. The van der Waals surface area contributed by atoms with E-state index < -0.39 is 11.8 Å². The highest BCUT2D eigenvalue weighted by atomic mass is 35.5. The van der Waals surface area contributed by atoms with Crippen LogP contribution in [0.4, 0.5) is 4.39 Å². The first-order valence-electron chi connectivity index (χ1n) is 7.21. The minimum Gasteiger partial charge on any atom is -0.461 e. The lowest BCUT2D eigenvalue weighted by Crippen LogP contribution is -2.08. The van der Waals surface area contributed by atoms with Crippen molar-refractivity contribution in [3.63, 3.8) is 0 Å². The minimum absolute atomic E-state index is 0.0872. The zero-order valence-electron chi connectivity index (χ0n) is 13.0. The summed E-state index contributed by atoms with van der Waals surface area (Å²) in [4.78, 5) is 12.2. The van der Waals surface area contributed by atoms with Crippen LogP contribution in [0.15, 0.2) is 36.8 Å². The van der Waals surface area contributed by atoms with Gasteiger partial charge in [0, 0.05) is 35.6 Å². The van der Waals surface area contributed by atoms with Crippen LogP contribution in [0.25, 0.3) is 16.8 Å². The molecule has 0 fully saturated rings. The molecular formula is C16H14ClFN4O2. The molecule has 0 radical (unpaired) electrons. The van der Waals surface area contributed by atoms with Crippen molar-refractivity contribution in [2.45, 2.75) is 6.92 Å². The van der Waals surface area contributed by atoms with Crippen molar-refractivity contribution in [2.24, 2.45) is 7.05 Å². The highest BCUT2D eigenvalue weighted by Gasteiger charge is 2.21. The van der Waals surface area contributed by atoms with Crippen molar-refractivity contribution in [3.05, 3.63) is 53.3 Å². The molecule has 124 valence electrons. The maximum absolute atomic E-state index is 14.1. The first kappa shape index (κ1) is 16.2. The van der Waals surface area contributed by atoms with Crippen LogP contribution in [-0.2, 0) is 11.8 Å². The van der Waals surface area contributed by atoms with E-state index in [-0.39, 0.29) is 18.0 Å². The summed E-state index contributed by atoms with van der Waals surface area (Å²) < 4.78 is 22.0. The Bertz CT molecular complexity index is 903. The van der Waals surface area contributed by atoms with Crippen molar-refractivity contribution in [1.29, 1.82) is 0 Å². The second kappa shape index (κ2) is 6.45. The van der Waals surface area contributed by atoms with Crippen molar-refractivity contribution >= 4 is 17.6 Å². The topological polar surface area (TPSA) is 61.9 Å². The lowest BCUT2D eigenvalue weighted by Gasteiger charge is -2.03. The first-order chi connectivity index (χ1) is 11.5. The zero-order valence-corrected chi connectivity index (χ0v) is 13.8. The number of aromatic nitrogens is 4. The Labute approximate surface area is 142 Å². The first-order valence-corrected chi connectivity index (χ1v) is 7.58. The molecule has 0 atom stereocenters. The fourth-order valence-corrected chi connectivity index (χ4v) is 2.45. The SMILES string of the molecule is CCOC(=O)c1nn(-c2cc(Cl)ccc2F)cc1-c1cnn(C)c1. The average molecular weight is 349 g/mol. The van der Waals surface area contributed by atoms with Crippen molar-refractivity contribution in [1.82, 2.24) is 19.6 Å². The van der Waals surface area contributed by atoms with E-state index >= 15 is 0 Å². The molecule has 0 spiro atoms. The lowest BCUT2D eigenvalue weighted by atomic mass is 10.1. The predicted octanol–water partition coefficient (Wildman–Crippen LogP) is 3.24. The molecule has 24 heavy (non-hydrogen) atoms. The molecular weight excluding hydrogens is 335 g/mol. The Hall–Kier alpha value is -2.67. The molecule has 0 unspecified atom stereocenters. The summed E-state index contributed by atoms with van der Waals surface area (Å²) in [7, 11) is 1.76. The number of carbonyl (C=O) groups is 1. The van der Waals surface area contributed by atoms with Gasteiger partial charge in [-0.05, 0) is 25.1 Å². The normalized spacial score (nSPS) is 10.8. The van der Waals surface area contributed by atoms with Gasteiger partial charge in [0.25, 0.3) is 0 Å². The number of hydrogen-bond acceptors (Lipinski definition) is 4. The average Bonchev–Trinajstić information content (AvgIpc) is 3.16. The van der Waals surface area contributed by atoms with Gasteiger partial charge in [-0.25, -0.2) is 13.9 Å². The van der Waals surface area contributed by atoms with Gasteiger partial charge in [0.05, 0.1) is 12.8 Å². The van der Waals surface area contributed by atoms with E-state index in [0.29, 0.717) is 16.1 Å². The van der Waals surface area contributed by atoms with Gasteiger partial charge in [-0.1, -0.05) is 11.6 Å². The molecule has 0 aliphatic carbocycles. The minimum atomic E-state index is -0.586. The van der Waals surface area contributed by atoms with E-state index in [0.717, 1.165) is 0 Å². The Morgan fingerprint density at radius 1 is 1.38 bits per heavy atom. The number of aryl methyl sites for hydroxylation is 1. The van der Waals surface area contributed by atoms with Crippen LogP contribution < -0.4 is 0 Å². The van der Waals surface area contributed by atoms with Gasteiger partial charge in [-0.3, -0.25) is 4.68 Å². The number of benzene rings is 1. The zero-order chi connectivity index (χ0) is 17.3. The van der Waals surface area contributed by atoms with Gasteiger partial charge >= 0.3 is 5.97 Å². The quantitative estimate of drug-likeness (QED) is 0.679. The molecule has 0 aliphatic heterocycles. The summed E-state index contributed by atoms with van der Waals surface area (Å²) in [6.45, 7) is 1.92. The fourth-order valence-electron chi connectivity index (χ4n) is 2.28. The molecule has 2 aromatic heterocycles. The summed E-state index contributed by atoms with van der Waals surface area (Å²) in [5.74, 6) is -1.09. The maximum Gasteiger partial charge on any atom is 0.359 e. The highest BCUT2D eigenvalue weighted by Crippen LogP contribution is 2.26. The van der Waals surface area contributed by atoms with Gasteiger partial charge in [-0.15, -0.1) is 0 Å². The molecule has 3 aromatic rings.